The van der Waals surface area contributed by atoms with Gasteiger partial charge in [-0.25, -0.2) is 0 Å². The SMILES string of the molecule is CCOC(=O)C1(N)CCC(N2CCN(C)CC2C)C1. The number of ether oxygens (including phenoxy) is 1. The van der Waals surface area contributed by atoms with Crippen molar-refractivity contribution in [3.8, 4) is 0 Å². The number of hydrogen-bond acceptors (Lipinski definition) is 5. The third-order valence-corrected chi connectivity index (χ3v) is 4.56. The van der Waals surface area contributed by atoms with Crippen LogP contribution in [-0.2, 0) is 9.53 Å². The van der Waals surface area contributed by atoms with Crippen molar-refractivity contribution in [1.82, 2.24) is 9.80 Å². The highest BCUT2D eigenvalue weighted by molar-refractivity contribution is 5.81. The van der Waals surface area contributed by atoms with E-state index in [1.807, 2.05) is 6.92 Å². The third-order valence-electron chi connectivity index (χ3n) is 4.56. The van der Waals surface area contributed by atoms with Gasteiger partial charge in [0.05, 0.1) is 6.61 Å². The van der Waals surface area contributed by atoms with Gasteiger partial charge in [-0.15, -0.1) is 0 Å². The fraction of sp³-hybridized carbons (Fsp3) is 0.929. The summed E-state index contributed by atoms with van der Waals surface area (Å²) in [7, 11) is 2.16. The Morgan fingerprint density at radius 1 is 1.47 bits per heavy atom. The predicted molar refractivity (Wildman–Crippen MR) is 74.9 cm³/mol. The number of piperazine rings is 1. The van der Waals surface area contributed by atoms with Crippen LogP contribution in [0.1, 0.15) is 33.1 Å². The van der Waals surface area contributed by atoms with Crippen molar-refractivity contribution in [2.45, 2.75) is 50.7 Å². The smallest absolute Gasteiger partial charge is 0.326 e. The van der Waals surface area contributed by atoms with Crippen LogP contribution in [0.4, 0.5) is 0 Å². The Hall–Kier alpha value is -0.650. The first-order chi connectivity index (χ1) is 8.96. The fourth-order valence-electron chi connectivity index (χ4n) is 3.49. The Morgan fingerprint density at radius 2 is 2.21 bits per heavy atom. The van der Waals surface area contributed by atoms with E-state index in [1.54, 1.807) is 0 Å². The molecule has 0 aromatic rings. The lowest BCUT2D eigenvalue weighted by atomic mass is 9.98. The number of hydrogen-bond donors (Lipinski definition) is 1. The highest BCUT2D eigenvalue weighted by Crippen LogP contribution is 2.33. The van der Waals surface area contributed by atoms with E-state index in [1.165, 1.54) is 0 Å². The normalized spacial score (nSPS) is 37.5. The topological polar surface area (TPSA) is 58.8 Å². The number of carbonyl (C=O) groups is 1. The molecule has 2 fully saturated rings. The number of rotatable bonds is 3. The van der Waals surface area contributed by atoms with Gasteiger partial charge in [0.1, 0.15) is 5.54 Å². The average Bonchev–Trinajstić information content (AvgIpc) is 2.73. The zero-order valence-corrected chi connectivity index (χ0v) is 12.4. The van der Waals surface area contributed by atoms with E-state index in [9.17, 15) is 4.79 Å². The van der Waals surface area contributed by atoms with Gasteiger partial charge in [-0.3, -0.25) is 9.69 Å². The lowest BCUT2D eigenvalue weighted by Gasteiger charge is -2.42. The lowest BCUT2D eigenvalue weighted by molar-refractivity contribution is -0.149. The van der Waals surface area contributed by atoms with Gasteiger partial charge in [-0.1, -0.05) is 0 Å². The second-order valence-electron chi connectivity index (χ2n) is 6.12. The van der Waals surface area contributed by atoms with Crippen LogP contribution in [0, 0.1) is 0 Å². The standard InChI is InChI=1S/C14H27N3O2/c1-4-19-13(18)14(15)6-5-12(9-14)17-8-7-16(3)10-11(17)2/h11-12H,4-10,15H2,1-3H3. The predicted octanol–water partition coefficient (Wildman–Crippen LogP) is 0.435. The molecule has 2 rings (SSSR count). The highest BCUT2D eigenvalue weighted by Gasteiger charge is 2.46. The van der Waals surface area contributed by atoms with Gasteiger partial charge in [0.25, 0.3) is 0 Å². The molecule has 0 aromatic carbocycles. The summed E-state index contributed by atoms with van der Waals surface area (Å²) in [5.74, 6) is -0.223. The molecule has 1 heterocycles. The van der Waals surface area contributed by atoms with Crippen molar-refractivity contribution < 1.29 is 9.53 Å². The summed E-state index contributed by atoms with van der Waals surface area (Å²) in [4.78, 5) is 16.8. The van der Waals surface area contributed by atoms with Gasteiger partial charge < -0.3 is 15.4 Å². The number of nitrogens with two attached hydrogens (primary N) is 1. The van der Waals surface area contributed by atoms with Crippen molar-refractivity contribution in [2.75, 3.05) is 33.3 Å². The molecule has 1 aliphatic heterocycles. The molecule has 3 atom stereocenters. The minimum atomic E-state index is -0.760. The first kappa shape index (κ1) is 14.8. The molecule has 19 heavy (non-hydrogen) atoms. The third kappa shape index (κ3) is 3.09. The van der Waals surface area contributed by atoms with E-state index in [4.69, 9.17) is 10.5 Å². The maximum absolute atomic E-state index is 12.0. The second kappa shape index (κ2) is 5.77. The van der Waals surface area contributed by atoms with Gasteiger partial charge in [-0.05, 0) is 40.2 Å². The van der Waals surface area contributed by atoms with Crippen molar-refractivity contribution >= 4 is 5.97 Å². The molecule has 1 saturated heterocycles. The van der Waals surface area contributed by atoms with Crippen LogP contribution in [0.25, 0.3) is 0 Å². The van der Waals surface area contributed by atoms with E-state index < -0.39 is 5.54 Å². The Balaban J connectivity index is 1.96. The summed E-state index contributed by atoms with van der Waals surface area (Å²) >= 11 is 0. The monoisotopic (exact) mass is 269 g/mol. The van der Waals surface area contributed by atoms with Crippen LogP contribution in [0.5, 0.6) is 0 Å². The maximum atomic E-state index is 12.0. The first-order valence-electron chi connectivity index (χ1n) is 7.36. The summed E-state index contributed by atoms with van der Waals surface area (Å²) in [6, 6.07) is 0.964. The molecule has 1 saturated carbocycles. The molecule has 0 bridgehead atoms. The molecule has 110 valence electrons. The van der Waals surface area contributed by atoms with Gasteiger partial charge in [0, 0.05) is 31.7 Å². The number of esters is 1. The molecule has 0 aromatic heterocycles. The Morgan fingerprint density at radius 3 is 2.84 bits per heavy atom. The molecule has 0 amide bonds. The summed E-state index contributed by atoms with van der Waals surface area (Å²) in [5.41, 5.74) is 5.49. The molecule has 5 heteroatoms. The zero-order valence-electron chi connectivity index (χ0n) is 12.4. The van der Waals surface area contributed by atoms with Gasteiger partial charge in [-0.2, -0.15) is 0 Å². The van der Waals surface area contributed by atoms with E-state index in [2.05, 4.69) is 23.8 Å². The fourth-order valence-corrected chi connectivity index (χ4v) is 3.49. The maximum Gasteiger partial charge on any atom is 0.326 e. The van der Waals surface area contributed by atoms with Crippen molar-refractivity contribution in [3.63, 3.8) is 0 Å². The first-order valence-corrected chi connectivity index (χ1v) is 7.36. The number of likely N-dealkylation sites (N-methyl/N-ethyl adjacent to an activating group) is 1. The Bertz CT molecular complexity index is 337. The van der Waals surface area contributed by atoms with E-state index in [0.717, 1.165) is 38.9 Å². The summed E-state index contributed by atoms with van der Waals surface area (Å²) in [5, 5.41) is 0. The second-order valence-corrected chi connectivity index (χ2v) is 6.12. The largest absolute Gasteiger partial charge is 0.465 e. The zero-order chi connectivity index (χ0) is 14.0. The van der Waals surface area contributed by atoms with Gasteiger partial charge in [0.15, 0.2) is 0 Å². The quantitative estimate of drug-likeness (QED) is 0.753. The molecule has 0 spiro atoms. The highest BCUT2D eigenvalue weighted by atomic mass is 16.5. The molecule has 2 N–H and O–H groups in total. The molecule has 3 unspecified atom stereocenters. The van der Waals surface area contributed by atoms with Gasteiger partial charge >= 0.3 is 5.97 Å². The summed E-state index contributed by atoms with van der Waals surface area (Å²) < 4.78 is 5.12. The van der Waals surface area contributed by atoms with Crippen LogP contribution < -0.4 is 5.73 Å². The number of nitrogens with zero attached hydrogens (tertiary/aromatic N) is 2. The number of carbonyl (C=O) groups excluding carboxylic acids is 1. The summed E-state index contributed by atoms with van der Waals surface area (Å²) in [6.07, 6.45) is 2.48. The Kier molecular flexibility index (Phi) is 4.48. The minimum absolute atomic E-state index is 0.223. The summed E-state index contributed by atoms with van der Waals surface area (Å²) in [6.45, 7) is 7.76. The lowest BCUT2D eigenvalue weighted by Crippen LogP contribution is -2.55. The molecular formula is C14H27N3O2. The van der Waals surface area contributed by atoms with Crippen LogP contribution >= 0.6 is 0 Å². The molecule has 5 nitrogen and oxygen atoms in total. The molecule has 2 aliphatic rings. The van der Waals surface area contributed by atoms with E-state index in [0.29, 0.717) is 18.7 Å². The van der Waals surface area contributed by atoms with Crippen molar-refractivity contribution in [1.29, 1.82) is 0 Å². The Labute approximate surface area is 116 Å². The van der Waals surface area contributed by atoms with Crippen LogP contribution in [0.3, 0.4) is 0 Å². The van der Waals surface area contributed by atoms with E-state index >= 15 is 0 Å². The van der Waals surface area contributed by atoms with Crippen LogP contribution in [0.2, 0.25) is 0 Å². The average molecular weight is 269 g/mol. The van der Waals surface area contributed by atoms with Gasteiger partial charge in [0.2, 0.25) is 0 Å². The van der Waals surface area contributed by atoms with E-state index in [-0.39, 0.29) is 5.97 Å². The van der Waals surface area contributed by atoms with Crippen molar-refractivity contribution in [2.24, 2.45) is 5.73 Å². The van der Waals surface area contributed by atoms with Crippen molar-refractivity contribution in [3.05, 3.63) is 0 Å². The minimum Gasteiger partial charge on any atom is -0.465 e. The molecule has 1 aliphatic carbocycles. The molecule has 0 radical (unpaired) electrons. The van der Waals surface area contributed by atoms with Crippen LogP contribution in [-0.4, -0.2) is 66.7 Å². The molecular weight excluding hydrogens is 242 g/mol. The van der Waals surface area contributed by atoms with Crippen LogP contribution in [0.15, 0.2) is 0 Å².